The minimum absolute atomic E-state index is 0.409. The lowest BCUT2D eigenvalue weighted by Gasteiger charge is -2.27. The molecule has 2 aromatic heterocycles. The molecule has 0 radical (unpaired) electrons. The number of pyridine rings is 2. The molecule has 37 heavy (non-hydrogen) atoms. The summed E-state index contributed by atoms with van der Waals surface area (Å²) in [5.41, 5.74) is 3.96. The van der Waals surface area contributed by atoms with E-state index in [9.17, 15) is 13.2 Å². The fourth-order valence-electron chi connectivity index (χ4n) is 4.45. The first-order valence-corrected chi connectivity index (χ1v) is 11.9. The molecular weight excluding hydrogens is 475 g/mol. The molecule has 0 fully saturated rings. The third-order valence-electron chi connectivity index (χ3n) is 6.35. The van der Waals surface area contributed by atoms with Crippen LogP contribution in [0.15, 0.2) is 97.6 Å². The summed E-state index contributed by atoms with van der Waals surface area (Å²) in [6, 6.07) is 20.8. The highest BCUT2D eigenvalue weighted by molar-refractivity contribution is 5.76. The van der Waals surface area contributed by atoms with Gasteiger partial charge in [0, 0.05) is 49.3 Å². The number of hydrogen-bond acceptors (Lipinski definition) is 5. The van der Waals surface area contributed by atoms with Gasteiger partial charge in [-0.3, -0.25) is 4.98 Å². The predicted molar refractivity (Wildman–Crippen MR) is 142 cm³/mol. The number of hydrogen-bond donors (Lipinski definition) is 1. The highest BCUT2D eigenvalue weighted by Crippen LogP contribution is 2.36. The van der Waals surface area contributed by atoms with Crippen molar-refractivity contribution in [1.82, 2.24) is 9.97 Å². The molecule has 8 heteroatoms. The van der Waals surface area contributed by atoms with Gasteiger partial charge < -0.3 is 15.1 Å². The molecule has 5 rings (SSSR count). The summed E-state index contributed by atoms with van der Waals surface area (Å²) in [6.45, 7) is 5.76. The average molecular weight is 502 g/mol. The van der Waals surface area contributed by atoms with Gasteiger partial charge in [-0.05, 0) is 54.4 Å². The lowest BCUT2D eigenvalue weighted by molar-refractivity contribution is -0.137. The van der Waals surface area contributed by atoms with Gasteiger partial charge in [0.15, 0.2) is 5.82 Å². The van der Waals surface area contributed by atoms with Gasteiger partial charge in [0.2, 0.25) is 0 Å². The zero-order valence-electron chi connectivity index (χ0n) is 20.3. The van der Waals surface area contributed by atoms with Crippen molar-refractivity contribution in [3.8, 4) is 22.4 Å². The Morgan fingerprint density at radius 2 is 1.70 bits per heavy atom. The van der Waals surface area contributed by atoms with Crippen molar-refractivity contribution in [2.24, 2.45) is 0 Å². The third-order valence-corrected chi connectivity index (χ3v) is 6.35. The number of anilines is 3. The molecule has 3 heterocycles. The summed E-state index contributed by atoms with van der Waals surface area (Å²) in [4.78, 5) is 13.1. The summed E-state index contributed by atoms with van der Waals surface area (Å²) in [7, 11) is 1.99. The lowest BCUT2D eigenvalue weighted by atomic mass is 10.1. The van der Waals surface area contributed by atoms with Gasteiger partial charge in [0.05, 0.1) is 16.9 Å². The summed E-state index contributed by atoms with van der Waals surface area (Å²) in [5.74, 6) is 1.28. The largest absolute Gasteiger partial charge is 0.416 e. The fourth-order valence-corrected chi connectivity index (χ4v) is 4.45. The second-order valence-corrected chi connectivity index (χ2v) is 8.94. The zero-order chi connectivity index (χ0) is 26.0. The van der Waals surface area contributed by atoms with Crippen LogP contribution in [0.4, 0.5) is 30.4 Å². The highest BCUT2D eigenvalue weighted by Gasteiger charge is 2.31. The Morgan fingerprint density at radius 1 is 0.919 bits per heavy atom. The molecule has 4 aromatic rings. The van der Waals surface area contributed by atoms with E-state index in [1.54, 1.807) is 18.3 Å². The van der Waals surface area contributed by atoms with E-state index in [1.165, 1.54) is 6.07 Å². The standard InChI is InChI=1S/C29H26F3N5/c1-20(34-25-11-4-7-21(18-25)23-9-5-14-33-19-23)37-16-6-15-36(2)27-13-12-26(35-28(27)37)22-8-3-10-24(17-22)29(30,31)32/h3-5,7-14,17-19,34H,1,6,15-16H2,2H3. The van der Waals surface area contributed by atoms with Crippen LogP contribution in [0.3, 0.4) is 0 Å². The highest BCUT2D eigenvalue weighted by atomic mass is 19.4. The predicted octanol–water partition coefficient (Wildman–Crippen LogP) is 7.06. The van der Waals surface area contributed by atoms with Crippen molar-refractivity contribution in [2.75, 3.05) is 35.3 Å². The molecule has 1 aliphatic heterocycles. The summed E-state index contributed by atoms with van der Waals surface area (Å²) in [5, 5.41) is 3.40. The van der Waals surface area contributed by atoms with Gasteiger partial charge >= 0.3 is 6.18 Å². The first-order chi connectivity index (χ1) is 17.8. The molecule has 0 atom stereocenters. The lowest BCUT2D eigenvalue weighted by Crippen LogP contribution is -2.28. The maximum Gasteiger partial charge on any atom is 0.416 e. The molecule has 0 spiro atoms. The van der Waals surface area contributed by atoms with E-state index in [-0.39, 0.29) is 0 Å². The molecule has 0 amide bonds. The number of rotatable bonds is 5. The van der Waals surface area contributed by atoms with E-state index in [2.05, 4.69) is 21.8 Å². The van der Waals surface area contributed by atoms with Crippen molar-refractivity contribution in [3.05, 3.63) is 103 Å². The molecule has 0 saturated heterocycles. The van der Waals surface area contributed by atoms with Gasteiger partial charge in [0.1, 0.15) is 5.82 Å². The molecule has 0 bridgehead atoms. The van der Waals surface area contributed by atoms with Crippen LogP contribution >= 0.6 is 0 Å². The van der Waals surface area contributed by atoms with Crippen molar-refractivity contribution in [1.29, 1.82) is 0 Å². The second kappa shape index (κ2) is 9.97. The van der Waals surface area contributed by atoms with Crippen LogP contribution in [0, 0.1) is 0 Å². The third kappa shape index (κ3) is 5.28. The van der Waals surface area contributed by atoms with Crippen LogP contribution in [0.2, 0.25) is 0 Å². The Bertz CT molecular complexity index is 1420. The molecule has 2 aromatic carbocycles. The van der Waals surface area contributed by atoms with Gasteiger partial charge in [-0.1, -0.05) is 36.9 Å². The normalized spacial score (nSPS) is 13.6. The Kier molecular flexibility index (Phi) is 6.56. The summed E-state index contributed by atoms with van der Waals surface area (Å²) in [6.07, 6.45) is -0.00535. The molecule has 0 aliphatic carbocycles. The number of halogens is 3. The van der Waals surface area contributed by atoms with Gasteiger partial charge in [-0.15, -0.1) is 0 Å². The molecule has 1 N–H and O–H groups in total. The van der Waals surface area contributed by atoms with Crippen LogP contribution in [-0.4, -0.2) is 30.1 Å². The molecular formula is C29H26F3N5. The molecule has 1 aliphatic rings. The Labute approximate surface area is 213 Å². The van der Waals surface area contributed by atoms with Crippen LogP contribution < -0.4 is 15.1 Å². The molecule has 188 valence electrons. The number of fused-ring (bicyclic) bond motifs is 1. The SMILES string of the molecule is C=C(Nc1cccc(-c2cccnc2)c1)N1CCCN(C)c2ccc(-c3cccc(C(F)(F)F)c3)nc21. The monoisotopic (exact) mass is 501 g/mol. The second-order valence-electron chi connectivity index (χ2n) is 8.94. The first kappa shape index (κ1) is 24.4. The van der Waals surface area contributed by atoms with E-state index in [4.69, 9.17) is 4.98 Å². The number of alkyl halides is 3. The molecule has 0 unspecified atom stereocenters. The number of nitrogens with one attached hydrogen (secondary N) is 1. The van der Waals surface area contributed by atoms with Crippen molar-refractivity contribution >= 4 is 17.2 Å². The number of aromatic nitrogens is 2. The zero-order valence-corrected chi connectivity index (χ0v) is 20.3. The van der Waals surface area contributed by atoms with E-state index in [0.29, 0.717) is 29.4 Å². The fraction of sp³-hybridized carbons (Fsp3) is 0.172. The van der Waals surface area contributed by atoms with Gasteiger partial charge in [0.25, 0.3) is 0 Å². The average Bonchev–Trinajstić information content (AvgIpc) is 3.07. The quantitative estimate of drug-likeness (QED) is 0.317. The minimum atomic E-state index is -4.42. The van der Waals surface area contributed by atoms with E-state index >= 15 is 0 Å². The Balaban J connectivity index is 1.47. The topological polar surface area (TPSA) is 44.3 Å². The van der Waals surface area contributed by atoms with Crippen molar-refractivity contribution in [3.63, 3.8) is 0 Å². The first-order valence-electron chi connectivity index (χ1n) is 11.9. The Morgan fingerprint density at radius 3 is 2.49 bits per heavy atom. The smallest absolute Gasteiger partial charge is 0.372 e. The molecule has 0 saturated carbocycles. The summed E-state index contributed by atoms with van der Waals surface area (Å²) < 4.78 is 39.9. The number of nitrogens with zero attached hydrogens (tertiary/aromatic N) is 4. The van der Waals surface area contributed by atoms with Crippen molar-refractivity contribution in [2.45, 2.75) is 12.6 Å². The minimum Gasteiger partial charge on any atom is -0.372 e. The maximum atomic E-state index is 13.3. The summed E-state index contributed by atoms with van der Waals surface area (Å²) >= 11 is 0. The van der Waals surface area contributed by atoms with Crippen molar-refractivity contribution < 1.29 is 13.2 Å². The molecule has 5 nitrogen and oxygen atoms in total. The van der Waals surface area contributed by atoms with Gasteiger partial charge in [-0.25, -0.2) is 4.98 Å². The van der Waals surface area contributed by atoms with Crippen LogP contribution in [0.25, 0.3) is 22.4 Å². The van der Waals surface area contributed by atoms with Crippen LogP contribution in [-0.2, 0) is 6.18 Å². The maximum absolute atomic E-state index is 13.3. The number of benzene rings is 2. The van der Waals surface area contributed by atoms with E-state index in [1.807, 2.05) is 60.6 Å². The Hall–Kier alpha value is -4.33. The van der Waals surface area contributed by atoms with E-state index < -0.39 is 11.7 Å². The van der Waals surface area contributed by atoms with Gasteiger partial charge in [-0.2, -0.15) is 13.2 Å². The van der Waals surface area contributed by atoms with Crippen LogP contribution in [0.5, 0.6) is 0 Å². The van der Waals surface area contributed by atoms with Crippen LogP contribution in [0.1, 0.15) is 12.0 Å². The van der Waals surface area contributed by atoms with E-state index in [0.717, 1.165) is 47.6 Å².